The van der Waals surface area contributed by atoms with E-state index in [4.69, 9.17) is 5.11 Å². The summed E-state index contributed by atoms with van der Waals surface area (Å²) in [7, 11) is 3.93. The third-order valence-corrected chi connectivity index (χ3v) is 5.26. The molecule has 1 aliphatic heterocycles. The van der Waals surface area contributed by atoms with Crippen LogP contribution in [0.15, 0.2) is 30.5 Å². The summed E-state index contributed by atoms with van der Waals surface area (Å²) in [4.78, 5) is 16.8. The quantitative estimate of drug-likeness (QED) is 0.812. The van der Waals surface area contributed by atoms with Crippen molar-refractivity contribution >= 4 is 16.8 Å². The first kappa shape index (κ1) is 17.9. The summed E-state index contributed by atoms with van der Waals surface area (Å²) in [6.07, 6.45) is 1.99. The largest absolute Gasteiger partial charge is 0.396 e. The Balaban J connectivity index is 1.74. The molecule has 1 saturated heterocycles. The number of fused-ring (bicyclic) bond motifs is 1. The van der Waals surface area contributed by atoms with Crippen molar-refractivity contribution in [2.45, 2.75) is 0 Å². The molecule has 1 aliphatic rings. The number of aliphatic hydroxyl groups excluding tert-OH is 2. The molecule has 1 fully saturated rings. The highest BCUT2D eigenvalue weighted by molar-refractivity contribution is 5.98. The van der Waals surface area contributed by atoms with Crippen molar-refractivity contribution in [3.8, 4) is 0 Å². The number of likely N-dealkylation sites (tertiary alicyclic amines) is 1. The van der Waals surface area contributed by atoms with Gasteiger partial charge in [-0.3, -0.25) is 4.79 Å². The minimum atomic E-state index is 0.0221. The van der Waals surface area contributed by atoms with Crippen molar-refractivity contribution in [2.24, 2.45) is 18.9 Å². The van der Waals surface area contributed by atoms with Crippen molar-refractivity contribution < 1.29 is 15.0 Å². The minimum Gasteiger partial charge on any atom is -0.396 e. The SMILES string of the molecule is CN(CCO)CC1CN(C(=O)c2ccc3ccn(C)c3c2)CC1CO. The fourth-order valence-electron chi connectivity index (χ4n) is 3.76. The Morgan fingerprint density at radius 3 is 2.72 bits per heavy atom. The number of hydrogen-bond donors (Lipinski definition) is 2. The number of likely N-dealkylation sites (N-methyl/N-ethyl adjacent to an activating group) is 1. The molecule has 0 saturated carbocycles. The number of nitrogens with zero attached hydrogens (tertiary/aromatic N) is 3. The second kappa shape index (κ2) is 7.56. The maximum Gasteiger partial charge on any atom is 0.253 e. The Kier molecular flexibility index (Phi) is 5.42. The van der Waals surface area contributed by atoms with E-state index in [1.54, 1.807) is 0 Å². The van der Waals surface area contributed by atoms with Crippen LogP contribution in [0.1, 0.15) is 10.4 Å². The van der Waals surface area contributed by atoms with E-state index in [-0.39, 0.29) is 31.0 Å². The highest BCUT2D eigenvalue weighted by atomic mass is 16.3. The van der Waals surface area contributed by atoms with Gasteiger partial charge in [-0.05, 0) is 36.6 Å². The molecule has 2 unspecified atom stereocenters. The molecule has 136 valence electrons. The van der Waals surface area contributed by atoms with E-state index < -0.39 is 0 Å². The molecule has 3 rings (SSSR count). The molecule has 0 spiro atoms. The number of hydrogen-bond acceptors (Lipinski definition) is 4. The molecule has 2 aromatic rings. The van der Waals surface area contributed by atoms with Gasteiger partial charge in [-0.2, -0.15) is 0 Å². The number of rotatable bonds is 6. The Bertz CT molecular complexity index is 743. The zero-order valence-electron chi connectivity index (χ0n) is 14.9. The van der Waals surface area contributed by atoms with Gasteiger partial charge < -0.3 is 24.6 Å². The molecule has 1 aromatic carbocycles. The standard InChI is InChI=1S/C19H27N3O3/c1-20(7-8-23)10-16-11-22(12-17(16)13-24)19(25)15-4-3-14-5-6-21(2)18(14)9-15/h3-6,9,16-17,23-24H,7-8,10-13H2,1-2H3. The summed E-state index contributed by atoms with van der Waals surface area (Å²) >= 11 is 0. The third kappa shape index (κ3) is 3.71. The van der Waals surface area contributed by atoms with E-state index in [9.17, 15) is 9.90 Å². The van der Waals surface area contributed by atoms with Gasteiger partial charge >= 0.3 is 0 Å². The van der Waals surface area contributed by atoms with Crippen LogP contribution in [0.4, 0.5) is 0 Å². The lowest BCUT2D eigenvalue weighted by atomic mass is 9.96. The Labute approximate surface area is 148 Å². The second-order valence-electron chi connectivity index (χ2n) is 7.10. The van der Waals surface area contributed by atoms with Gasteiger partial charge in [0.1, 0.15) is 0 Å². The van der Waals surface area contributed by atoms with Crippen molar-refractivity contribution in [3.05, 3.63) is 36.0 Å². The number of benzene rings is 1. The Hall–Kier alpha value is -1.89. The molecule has 6 heteroatoms. The predicted octanol–water partition coefficient (Wildman–Crippen LogP) is 0.783. The minimum absolute atomic E-state index is 0.0221. The number of carbonyl (C=O) groups excluding carboxylic acids is 1. The molecule has 6 nitrogen and oxygen atoms in total. The first-order chi connectivity index (χ1) is 12.0. The molecule has 0 bridgehead atoms. The van der Waals surface area contributed by atoms with Gasteiger partial charge in [-0.25, -0.2) is 0 Å². The topological polar surface area (TPSA) is 68.9 Å². The van der Waals surface area contributed by atoms with Gasteiger partial charge in [0.25, 0.3) is 5.91 Å². The van der Waals surface area contributed by atoms with Crippen LogP contribution in [0, 0.1) is 11.8 Å². The van der Waals surface area contributed by atoms with Crippen LogP contribution in [-0.2, 0) is 7.05 Å². The van der Waals surface area contributed by atoms with Crippen LogP contribution in [-0.4, -0.2) is 76.9 Å². The summed E-state index contributed by atoms with van der Waals surface area (Å²) in [6, 6.07) is 7.84. The molecule has 1 aromatic heterocycles. The third-order valence-electron chi connectivity index (χ3n) is 5.26. The summed E-state index contributed by atoms with van der Waals surface area (Å²) in [5.41, 5.74) is 1.73. The van der Waals surface area contributed by atoms with E-state index in [1.807, 2.05) is 54.0 Å². The van der Waals surface area contributed by atoms with Gasteiger partial charge in [-0.15, -0.1) is 0 Å². The first-order valence-corrected chi connectivity index (χ1v) is 8.78. The molecule has 1 amide bonds. The molecule has 2 N–H and O–H groups in total. The van der Waals surface area contributed by atoms with E-state index >= 15 is 0 Å². The van der Waals surface area contributed by atoms with Crippen molar-refractivity contribution in [1.82, 2.24) is 14.4 Å². The van der Waals surface area contributed by atoms with Crippen LogP contribution < -0.4 is 0 Å². The van der Waals surface area contributed by atoms with Crippen molar-refractivity contribution in [3.63, 3.8) is 0 Å². The average molecular weight is 345 g/mol. The lowest BCUT2D eigenvalue weighted by molar-refractivity contribution is 0.0779. The van der Waals surface area contributed by atoms with Gasteiger partial charge in [-0.1, -0.05) is 6.07 Å². The van der Waals surface area contributed by atoms with Crippen LogP contribution >= 0.6 is 0 Å². The maximum atomic E-state index is 12.9. The van der Waals surface area contributed by atoms with Gasteiger partial charge in [0, 0.05) is 63.0 Å². The molecule has 0 radical (unpaired) electrons. The van der Waals surface area contributed by atoms with Crippen LogP contribution in [0.2, 0.25) is 0 Å². The van der Waals surface area contributed by atoms with Crippen molar-refractivity contribution in [2.75, 3.05) is 46.4 Å². The Morgan fingerprint density at radius 1 is 1.24 bits per heavy atom. The normalized spacial score (nSPS) is 20.8. The summed E-state index contributed by atoms with van der Waals surface area (Å²) < 4.78 is 2.01. The molecular formula is C19H27N3O3. The van der Waals surface area contributed by atoms with Gasteiger partial charge in [0.15, 0.2) is 0 Å². The fraction of sp³-hybridized carbons (Fsp3) is 0.526. The lowest BCUT2D eigenvalue weighted by Gasteiger charge is -2.23. The average Bonchev–Trinajstić information content (AvgIpc) is 3.18. The predicted molar refractivity (Wildman–Crippen MR) is 97.5 cm³/mol. The van der Waals surface area contributed by atoms with E-state index in [0.717, 1.165) is 17.4 Å². The summed E-state index contributed by atoms with van der Waals surface area (Å²) in [5.74, 6) is 0.335. The monoisotopic (exact) mass is 345 g/mol. The fourth-order valence-corrected chi connectivity index (χ4v) is 3.76. The second-order valence-corrected chi connectivity index (χ2v) is 7.10. The van der Waals surface area contributed by atoms with Crippen LogP contribution in [0.3, 0.4) is 0 Å². The van der Waals surface area contributed by atoms with Crippen molar-refractivity contribution in [1.29, 1.82) is 0 Å². The molecular weight excluding hydrogens is 318 g/mol. The van der Waals surface area contributed by atoms with Crippen LogP contribution in [0.5, 0.6) is 0 Å². The molecule has 2 atom stereocenters. The lowest BCUT2D eigenvalue weighted by Crippen LogP contribution is -2.33. The Morgan fingerprint density at radius 2 is 2.00 bits per heavy atom. The van der Waals surface area contributed by atoms with Gasteiger partial charge in [0.2, 0.25) is 0 Å². The highest BCUT2D eigenvalue weighted by Crippen LogP contribution is 2.26. The highest BCUT2D eigenvalue weighted by Gasteiger charge is 2.35. The summed E-state index contributed by atoms with van der Waals surface area (Å²) in [5, 5.41) is 19.9. The van der Waals surface area contributed by atoms with E-state index in [0.29, 0.717) is 25.2 Å². The van der Waals surface area contributed by atoms with Crippen LogP contribution in [0.25, 0.3) is 10.9 Å². The number of aromatic nitrogens is 1. The maximum absolute atomic E-state index is 12.9. The van der Waals surface area contributed by atoms with Gasteiger partial charge in [0.05, 0.1) is 6.61 Å². The van der Waals surface area contributed by atoms with E-state index in [2.05, 4.69) is 4.90 Å². The molecule has 0 aliphatic carbocycles. The number of amides is 1. The number of carbonyl (C=O) groups is 1. The zero-order valence-corrected chi connectivity index (χ0v) is 14.9. The van der Waals surface area contributed by atoms with E-state index in [1.165, 1.54) is 0 Å². The first-order valence-electron chi connectivity index (χ1n) is 8.78. The molecule has 25 heavy (non-hydrogen) atoms. The smallest absolute Gasteiger partial charge is 0.253 e. The molecule has 2 heterocycles. The number of aliphatic hydroxyl groups is 2. The zero-order chi connectivity index (χ0) is 18.0. The summed E-state index contributed by atoms with van der Waals surface area (Å²) in [6.45, 7) is 2.80. The number of aryl methyl sites for hydroxylation is 1.